The highest BCUT2D eigenvalue weighted by atomic mass is 32.2. The van der Waals surface area contributed by atoms with Gasteiger partial charge in [0, 0.05) is 11.0 Å². The van der Waals surface area contributed by atoms with Crippen molar-refractivity contribution in [3.8, 4) is 0 Å². The van der Waals surface area contributed by atoms with Gasteiger partial charge in [-0.25, -0.2) is 0 Å². The van der Waals surface area contributed by atoms with Gasteiger partial charge in [-0.15, -0.1) is 0 Å². The van der Waals surface area contributed by atoms with E-state index in [-0.39, 0.29) is 11.0 Å². The molecule has 3 rings (SSSR count). The Balaban J connectivity index is 2.41. The van der Waals surface area contributed by atoms with Crippen LogP contribution in [-0.4, -0.2) is 20.1 Å². The molecule has 2 heterocycles. The smallest absolute Gasteiger partial charge is 0.316 e. The number of nitrogens with zero attached hydrogens (tertiary/aromatic N) is 3. The number of hydrogen-bond donors (Lipinski definition) is 0. The third-order valence-electron chi connectivity index (χ3n) is 3.23. The van der Waals surface area contributed by atoms with Gasteiger partial charge >= 0.3 is 5.70 Å². The first-order valence-corrected chi connectivity index (χ1v) is 7.10. The van der Waals surface area contributed by atoms with E-state index in [0.29, 0.717) is 11.8 Å². The van der Waals surface area contributed by atoms with Crippen LogP contribution in [0.5, 0.6) is 0 Å². The Morgan fingerprint density at radius 1 is 1.08 bits per heavy atom. The number of rotatable bonds is 3. The summed E-state index contributed by atoms with van der Waals surface area (Å²) >= 11 is 0.439. The lowest BCUT2D eigenvalue weighted by molar-refractivity contribution is -0.484. The summed E-state index contributed by atoms with van der Waals surface area (Å²) in [5, 5.41) is 31.2. The highest BCUT2D eigenvalue weighted by Gasteiger charge is 2.39. The van der Waals surface area contributed by atoms with Crippen LogP contribution in [0.2, 0.25) is 0 Å². The second-order valence-corrected chi connectivity index (χ2v) is 5.73. The van der Waals surface area contributed by atoms with Gasteiger partial charge in [0.15, 0.2) is 0 Å². The van der Waals surface area contributed by atoms with E-state index >= 15 is 0 Å². The molecule has 0 radical (unpaired) electrons. The summed E-state index contributed by atoms with van der Waals surface area (Å²) in [5.74, 6) is -0.443. The van der Waals surface area contributed by atoms with E-state index < -0.39 is 47.6 Å². The quantitative estimate of drug-likeness (QED) is 0.595. The molecule has 0 bridgehead atoms. The molecule has 11 nitrogen and oxygen atoms in total. The Morgan fingerprint density at radius 3 is 2.38 bits per heavy atom. The van der Waals surface area contributed by atoms with Gasteiger partial charge in [-0.05, 0) is 17.8 Å². The molecular weight excluding hydrogens is 346 g/mol. The van der Waals surface area contributed by atoms with Crippen LogP contribution < -0.4 is 5.43 Å². The molecule has 2 aromatic rings. The van der Waals surface area contributed by atoms with Crippen LogP contribution in [0, 0.1) is 30.3 Å². The van der Waals surface area contributed by atoms with E-state index in [0.717, 1.165) is 12.1 Å². The van der Waals surface area contributed by atoms with Crippen molar-refractivity contribution < 1.29 is 19.2 Å². The molecule has 1 aromatic carbocycles. The number of nitro groups is 3. The largest absolute Gasteiger partial charge is 0.448 e. The molecule has 122 valence electrons. The molecule has 24 heavy (non-hydrogen) atoms. The lowest BCUT2D eigenvalue weighted by Crippen LogP contribution is -2.22. The van der Waals surface area contributed by atoms with Crippen LogP contribution >= 0.6 is 11.8 Å². The fourth-order valence-electron chi connectivity index (χ4n) is 2.25. The number of hydrogen-bond acceptors (Lipinski definition) is 9. The minimum atomic E-state index is -1.57. The zero-order valence-electron chi connectivity index (χ0n) is 11.4. The van der Waals surface area contributed by atoms with Crippen molar-refractivity contribution in [1.29, 1.82) is 0 Å². The highest BCUT2D eigenvalue weighted by Crippen LogP contribution is 2.38. The fraction of sp³-hybridized carbons (Fsp3) is 0.0833. The molecule has 1 aliphatic rings. The summed E-state index contributed by atoms with van der Waals surface area (Å²) in [6, 6.07) is 3.60. The fourth-order valence-corrected chi connectivity index (χ4v) is 3.23. The molecule has 1 aromatic heterocycles. The first-order valence-electron chi connectivity index (χ1n) is 6.22. The molecule has 0 saturated carbocycles. The van der Waals surface area contributed by atoms with Gasteiger partial charge < -0.3 is 4.42 Å². The normalized spacial score (nSPS) is 16.3. The van der Waals surface area contributed by atoms with Crippen LogP contribution in [-0.2, 0) is 0 Å². The van der Waals surface area contributed by atoms with Gasteiger partial charge in [0.2, 0.25) is 11.2 Å². The van der Waals surface area contributed by atoms with Crippen molar-refractivity contribution in [2.24, 2.45) is 0 Å². The van der Waals surface area contributed by atoms with Gasteiger partial charge in [-0.3, -0.25) is 35.1 Å². The molecule has 0 N–H and O–H groups in total. The van der Waals surface area contributed by atoms with E-state index in [1.54, 1.807) is 0 Å². The Labute approximate surface area is 135 Å². The molecule has 0 amide bonds. The van der Waals surface area contributed by atoms with Crippen molar-refractivity contribution in [3.05, 3.63) is 70.6 Å². The SMILES string of the molecule is O=c1c2c(oc3cccc([N+](=O)[O-])c13)C([N+](=O)[O-])=CC([N+](=O)[O-])S2. The summed E-state index contributed by atoms with van der Waals surface area (Å²) < 4.78 is 5.30. The van der Waals surface area contributed by atoms with Crippen molar-refractivity contribution in [1.82, 2.24) is 0 Å². The first kappa shape index (κ1) is 15.6. The number of non-ortho nitro benzene ring substituents is 1. The number of nitro benzene ring substituents is 1. The molecule has 0 spiro atoms. The Morgan fingerprint density at radius 2 is 1.79 bits per heavy atom. The Hall–Kier alpha value is -3.28. The maximum Gasteiger partial charge on any atom is 0.316 e. The van der Waals surface area contributed by atoms with Gasteiger partial charge in [0.25, 0.3) is 11.1 Å². The standard InChI is InChI=1S/C12H5N3O8S/c16-10-9-5(13(17)18)2-1-3-7(9)23-11-6(14(19)20)4-8(15(21)22)24-12(10)11/h1-4,8H. The third-order valence-corrected chi connectivity index (χ3v) is 4.38. The maximum atomic E-state index is 12.6. The molecule has 0 fully saturated rings. The number of benzene rings is 1. The molecule has 1 aliphatic heterocycles. The minimum absolute atomic E-state index is 0.208. The number of fused-ring (bicyclic) bond motifs is 2. The van der Waals surface area contributed by atoms with Crippen LogP contribution in [0.3, 0.4) is 0 Å². The lowest BCUT2D eigenvalue weighted by Gasteiger charge is -2.13. The van der Waals surface area contributed by atoms with Crippen LogP contribution in [0.4, 0.5) is 5.69 Å². The first-order chi connectivity index (χ1) is 11.3. The maximum absolute atomic E-state index is 12.6. The minimum Gasteiger partial charge on any atom is -0.448 e. The predicted molar refractivity (Wildman–Crippen MR) is 80.7 cm³/mol. The molecule has 0 saturated heterocycles. The van der Waals surface area contributed by atoms with E-state index in [1.165, 1.54) is 12.1 Å². The van der Waals surface area contributed by atoms with Crippen LogP contribution in [0.1, 0.15) is 5.76 Å². The Bertz CT molecular complexity index is 1010. The van der Waals surface area contributed by atoms with Gasteiger partial charge in [-0.2, -0.15) is 0 Å². The van der Waals surface area contributed by atoms with Gasteiger partial charge in [-0.1, -0.05) is 6.07 Å². The predicted octanol–water partition coefficient (Wildman–Crippen LogP) is 2.03. The van der Waals surface area contributed by atoms with Crippen molar-refractivity contribution in [3.63, 3.8) is 0 Å². The molecular formula is C12H5N3O8S. The zero-order valence-corrected chi connectivity index (χ0v) is 12.2. The average molecular weight is 351 g/mol. The van der Waals surface area contributed by atoms with E-state index in [2.05, 4.69) is 0 Å². The summed E-state index contributed by atoms with van der Waals surface area (Å²) in [6.45, 7) is 0. The molecule has 0 aliphatic carbocycles. The monoisotopic (exact) mass is 351 g/mol. The Kier molecular flexibility index (Phi) is 3.52. The second-order valence-electron chi connectivity index (χ2n) is 4.60. The topological polar surface area (TPSA) is 160 Å². The summed E-state index contributed by atoms with van der Waals surface area (Å²) in [4.78, 5) is 42.8. The average Bonchev–Trinajstić information content (AvgIpc) is 2.53. The lowest BCUT2D eigenvalue weighted by atomic mass is 10.1. The molecule has 1 unspecified atom stereocenters. The van der Waals surface area contributed by atoms with Gasteiger partial charge in [0.1, 0.15) is 15.9 Å². The van der Waals surface area contributed by atoms with Crippen LogP contribution in [0.25, 0.3) is 16.7 Å². The molecule has 1 atom stereocenters. The van der Waals surface area contributed by atoms with Crippen molar-refractivity contribution >= 4 is 34.1 Å². The third kappa shape index (κ3) is 2.28. The zero-order chi connectivity index (χ0) is 17.6. The van der Waals surface area contributed by atoms with Crippen molar-refractivity contribution in [2.45, 2.75) is 10.3 Å². The van der Waals surface area contributed by atoms with E-state index in [1.807, 2.05) is 0 Å². The highest BCUT2D eigenvalue weighted by molar-refractivity contribution is 8.00. The van der Waals surface area contributed by atoms with E-state index in [9.17, 15) is 35.1 Å². The van der Waals surface area contributed by atoms with Crippen LogP contribution in [0.15, 0.2) is 38.4 Å². The second kappa shape index (κ2) is 5.42. The summed E-state index contributed by atoms with van der Waals surface area (Å²) in [5.41, 5.74) is -2.39. The van der Waals surface area contributed by atoms with Crippen molar-refractivity contribution in [2.75, 3.05) is 0 Å². The number of thioether (sulfide) groups is 1. The van der Waals surface area contributed by atoms with E-state index in [4.69, 9.17) is 4.42 Å². The summed E-state index contributed by atoms with van der Waals surface area (Å²) in [7, 11) is 0. The molecule has 12 heteroatoms. The summed E-state index contributed by atoms with van der Waals surface area (Å²) in [6.07, 6.45) is 0.763. The van der Waals surface area contributed by atoms with Gasteiger partial charge in [0.05, 0.1) is 15.9 Å².